The third-order valence-corrected chi connectivity index (χ3v) is 4.34. The fraction of sp³-hybridized carbons (Fsp3) is 0.429. The highest BCUT2D eigenvalue weighted by molar-refractivity contribution is 5.90. The second-order valence-electron chi connectivity index (χ2n) is 7.00. The molecule has 11 heteroatoms. The normalized spacial score (nSPS) is 12.1. The number of carbonyl (C=O) groups excluding carboxylic acids is 3. The van der Waals surface area contributed by atoms with E-state index in [1.54, 1.807) is 30.3 Å². The maximum atomic E-state index is 12.8. The lowest BCUT2D eigenvalue weighted by Crippen LogP contribution is -2.52. The van der Waals surface area contributed by atoms with Crippen LogP contribution in [0.15, 0.2) is 41.9 Å². The summed E-state index contributed by atoms with van der Waals surface area (Å²) in [6, 6.07) is 5.21. The highest BCUT2D eigenvalue weighted by Crippen LogP contribution is 2.14. The van der Waals surface area contributed by atoms with E-state index in [1.165, 1.54) is 6.92 Å². The molecule has 0 saturated carbocycles. The van der Waals surface area contributed by atoms with Crippen molar-refractivity contribution in [3.63, 3.8) is 0 Å². The number of guanidine groups is 1. The van der Waals surface area contributed by atoms with E-state index in [9.17, 15) is 14.4 Å². The Morgan fingerprint density at radius 2 is 1.81 bits per heavy atom. The van der Waals surface area contributed by atoms with E-state index in [4.69, 9.17) is 22.1 Å². The summed E-state index contributed by atoms with van der Waals surface area (Å²) in [4.78, 5) is 44.6. The van der Waals surface area contributed by atoms with Gasteiger partial charge in [-0.25, -0.2) is 4.79 Å². The zero-order chi connectivity index (χ0) is 23.9. The molecule has 0 aliphatic carbocycles. The molecular formula is C21H32N6O5. The summed E-state index contributed by atoms with van der Waals surface area (Å²) in [7, 11) is 0. The van der Waals surface area contributed by atoms with Crippen LogP contribution in [-0.2, 0) is 25.6 Å². The van der Waals surface area contributed by atoms with E-state index < -0.39 is 24.0 Å². The first-order valence-corrected chi connectivity index (χ1v) is 10.1. The minimum absolute atomic E-state index is 0.0188. The van der Waals surface area contributed by atoms with Gasteiger partial charge in [0, 0.05) is 19.9 Å². The van der Waals surface area contributed by atoms with Crippen LogP contribution < -0.4 is 32.7 Å². The van der Waals surface area contributed by atoms with Gasteiger partial charge in [-0.3, -0.25) is 14.6 Å². The highest BCUT2D eigenvalue weighted by Gasteiger charge is 2.27. The van der Waals surface area contributed by atoms with E-state index in [1.807, 2.05) is 0 Å². The summed E-state index contributed by atoms with van der Waals surface area (Å²) in [6.07, 6.45) is 3.24. The largest absolute Gasteiger partial charge is 0.490 e. The number of aliphatic imine (C=N–C) groups is 1. The van der Waals surface area contributed by atoms with Gasteiger partial charge in [0.2, 0.25) is 11.8 Å². The minimum Gasteiger partial charge on any atom is -0.490 e. The van der Waals surface area contributed by atoms with Gasteiger partial charge >= 0.3 is 5.97 Å². The predicted octanol–water partition coefficient (Wildman–Crippen LogP) is -0.356. The Balaban J connectivity index is 2.79. The number of benzene rings is 1. The Bertz CT molecular complexity index is 792. The van der Waals surface area contributed by atoms with Crippen LogP contribution in [0, 0.1) is 0 Å². The molecule has 0 heterocycles. The third-order valence-electron chi connectivity index (χ3n) is 4.34. The Hall–Kier alpha value is -3.60. The van der Waals surface area contributed by atoms with Crippen molar-refractivity contribution in [1.29, 1.82) is 0 Å². The molecule has 0 aromatic heterocycles. The Labute approximate surface area is 187 Å². The third kappa shape index (κ3) is 10.4. The number of nitrogens with two attached hydrogens (primary N) is 3. The van der Waals surface area contributed by atoms with Crippen LogP contribution in [0.3, 0.4) is 0 Å². The average Bonchev–Trinajstić information content (AvgIpc) is 2.75. The zero-order valence-corrected chi connectivity index (χ0v) is 18.2. The van der Waals surface area contributed by atoms with Crippen LogP contribution in [0.4, 0.5) is 0 Å². The van der Waals surface area contributed by atoms with E-state index >= 15 is 0 Å². The number of hydrogen-bond acceptors (Lipinski definition) is 7. The second kappa shape index (κ2) is 14.4. The van der Waals surface area contributed by atoms with Gasteiger partial charge in [0.05, 0.1) is 0 Å². The van der Waals surface area contributed by atoms with E-state index in [2.05, 4.69) is 27.0 Å². The number of ether oxygens (including phenoxy) is 1. The van der Waals surface area contributed by atoms with E-state index in [0.29, 0.717) is 31.7 Å². The number of rotatable bonds is 14. The molecule has 0 saturated heterocycles. The van der Waals surface area contributed by atoms with E-state index in [0.717, 1.165) is 5.56 Å². The van der Waals surface area contributed by atoms with Crippen LogP contribution in [0.1, 0.15) is 31.7 Å². The van der Waals surface area contributed by atoms with Crippen molar-refractivity contribution in [3.05, 3.63) is 42.5 Å². The Morgan fingerprint density at radius 1 is 1.12 bits per heavy atom. The molecule has 0 unspecified atom stereocenters. The quantitative estimate of drug-likeness (QED) is 0.0840. The molecule has 8 N–H and O–H groups in total. The molecule has 176 valence electrons. The number of hydrogen-bond donors (Lipinski definition) is 5. The molecular weight excluding hydrogens is 416 g/mol. The summed E-state index contributed by atoms with van der Waals surface area (Å²) in [5.74, 6) is 3.93. The SMILES string of the molecule is C=CCOc1ccc(C[C@H](NC(C)=O)C(=O)N[C@@H](CCCCN=C(N)N)C(=O)ON)cc1. The molecule has 1 aromatic rings. The van der Waals surface area contributed by atoms with Gasteiger partial charge in [0.25, 0.3) is 0 Å². The summed E-state index contributed by atoms with van der Waals surface area (Å²) in [6.45, 7) is 5.66. The molecule has 0 bridgehead atoms. The van der Waals surface area contributed by atoms with Crippen molar-refractivity contribution >= 4 is 23.7 Å². The topological polar surface area (TPSA) is 184 Å². The zero-order valence-electron chi connectivity index (χ0n) is 18.2. The number of amides is 2. The fourth-order valence-electron chi connectivity index (χ4n) is 2.84. The van der Waals surface area contributed by atoms with Crippen molar-refractivity contribution in [2.75, 3.05) is 13.2 Å². The molecule has 2 atom stereocenters. The molecule has 2 amide bonds. The van der Waals surface area contributed by atoms with Gasteiger partial charge in [-0.1, -0.05) is 24.8 Å². The first-order chi connectivity index (χ1) is 15.3. The number of carbonyl (C=O) groups is 3. The summed E-state index contributed by atoms with van der Waals surface area (Å²) < 4.78 is 5.43. The molecule has 1 rings (SSSR count). The fourth-order valence-corrected chi connectivity index (χ4v) is 2.84. The molecule has 0 aliphatic rings. The smallest absolute Gasteiger partial charge is 0.347 e. The van der Waals surface area contributed by atoms with Crippen molar-refractivity contribution in [1.82, 2.24) is 10.6 Å². The average molecular weight is 449 g/mol. The van der Waals surface area contributed by atoms with Gasteiger partial charge in [-0.05, 0) is 37.0 Å². The number of nitrogens with one attached hydrogen (secondary N) is 2. The van der Waals surface area contributed by atoms with Crippen LogP contribution >= 0.6 is 0 Å². The van der Waals surface area contributed by atoms with Crippen molar-refractivity contribution in [2.24, 2.45) is 22.4 Å². The summed E-state index contributed by atoms with van der Waals surface area (Å²) in [5.41, 5.74) is 11.3. The van der Waals surface area contributed by atoms with Crippen molar-refractivity contribution in [2.45, 2.75) is 44.7 Å². The molecule has 0 spiro atoms. The number of unbranched alkanes of at least 4 members (excludes halogenated alkanes) is 1. The van der Waals surface area contributed by atoms with Crippen LogP contribution in [-0.4, -0.2) is 49.0 Å². The standard InChI is InChI=1S/C21H32N6O5/c1-3-12-31-16-9-7-15(8-10-16)13-18(26-14(2)28)19(29)27-17(20(30)32-24)6-4-5-11-25-21(22)23/h3,7-10,17-18H,1,4-6,11-13,24H2,2H3,(H,26,28)(H,27,29)(H4,22,23,25)/t17-,18-/m0/s1. The lowest BCUT2D eigenvalue weighted by atomic mass is 10.0. The molecule has 0 aliphatic heterocycles. The number of nitrogens with zero attached hydrogens (tertiary/aromatic N) is 1. The van der Waals surface area contributed by atoms with Crippen molar-refractivity contribution < 1.29 is 24.0 Å². The molecule has 1 aromatic carbocycles. The van der Waals surface area contributed by atoms with Gasteiger partial charge in [-0.15, -0.1) is 0 Å². The Kier molecular flexibility index (Phi) is 11.9. The lowest BCUT2D eigenvalue weighted by Gasteiger charge is -2.22. The molecule has 0 radical (unpaired) electrons. The van der Waals surface area contributed by atoms with Crippen LogP contribution in [0.2, 0.25) is 0 Å². The summed E-state index contributed by atoms with van der Waals surface area (Å²) >= 11 is 0. The van der Waals surface area contributed by atoms with Gasteiger partial charge in [0.15, 0.2) is 5.96 Å². The van der Waals surface area contributed by atoms with Crippen LogP contribution in [0.25, 0.3) is 0 Å². The Morgan fingerprint density at radius 3 is 2.38 bits per heavy atom. The summed E-state index contributed by atoms with van der Waals surface area (Å²) in [5, 5.41) is 5.21. The van der Waals surface area contributed by atoms with Gasteiger partial charge in [0.1, 0.15) is 24.4 Å². The van der Waals surface area contributed by atoms with Gasteiger partial charge < -0.3 is 31.7 Å². The lowest BCUT2D eigenvalue weighted by molar-refractivity contribution is -0.148. The first-order valence-electron chi connectivity index (χ1n) is 10.1. The highest BCUT2D eigenvalue weighted by atomic mass is 16.7. The van der Waals surface area contributed by atoms with Crippen LogP contribution in [0.5, 0.6) is 5.75 Å². The predicted molar refractivity (Wildman–Crippen MR) is 120 cm³/mol. The minimum atomic E-state index is -0.974. The molecule has 32 heavy (non-hydrogen) atoms. The first kappa shape index (κ1) is 26.4. The maximum Gasteiger partial charge on any atom is 0.347 e. The van der Waals surface area contributed by atoms with Gasteiger partial charge in [-0.2, -0.15) is 5.90 Å². The molecule has 11 nitrogen and oxygen atoms in total. The molecule has 0 fully saturated rings. The van der Waals surface area contributed by atoms with E-state index in [-0.39, 0.29) is 24.7 Å². The second-order valence-corrected chi connectivity index (χ2v) is 7.00. The monoisotopic (exact) mass is 448 g/mol. The van der Waals surface area contributed by atoms with Crippen molar-refractivity contribution in [3.8, 4) is 5.75 Å². The maximum absolute atomic E-state index is 12.8.